The maximum absolute atomic E-state index is 15.2. The fraction of sp³-hybridized carbons (Fsp3) is 0.386. The molecule has 4 aliphatic rings. The maximum atomic E-state index is 15.2. The molecule has 0 saturated heterocycles. The molecule has 2 saturated carbocycles. The SMILES string of the molecule is C=CCOC12Oc3ccc(OC(=O)NCc4ccccc4)cc3C3C(CCCCO)C(CCCCO)C=C(C(=NOCc4ccc([N+](=O)[O-])cc4)CC1N(Cc1cccc4ccccc14)C(=O)C1CC1)C32. The fourth-order valence-electron chi connectivity index (χ4n) is 11.0. The molecule has 3 aliphatic carbocycles. The van der Waals surface area contributed by atoms with Crippen LogP contribution in [0.5, 0.6) is 11.5 Å². The Morgan fingerprint density at radius 1 is 0.901 bits per heavy atom. The van der Waals surface area contributed by atoms with Crippen molar-refractivity contribution >= 4 is 34.2 Å². The number of hydrogen-bond donors (Lipinski definition) is 3. The standard InChI is InChI=1S/C57H62N4O10/c1-2-31-68-57-52(60(55(64)41-23-24-41)36-43-18-12-17-40-15-6-7-19-46(40)43)34-50(59-69-37-39-21-25-44(26-22-39)61(66)67)48-32-42(16-8-10-29-62)47(20-9-11-30-63)53(54(48)57)49-33-45(27-28-51(49)71-57)70-56(65)58-35-38-13-4-3-5-14-38/h2-7,12-15,17-19,21-22,25-28,32-33,41-42,47,52-54,62-63H,1,8-11,16,20,23-24,29-31,34-37H2,(H,58,65). The second-order valence-corrected chi connectivity index (χ2v) is 19.1. The number of aliphatic hydroxyl groups is 2. The minimum Gasteiger partial charge on any atom is -0.459 e. The van der Waals surface area contributed by atoms with Crippen molar-refractivity contribution in [2.45, 2.75) is 95.2 Å². The Morgan fingerprint density at radius 2 is 1.65 bits per heavy atom. The van der Waals surface area contributed by atoms with E-state index < -0.39 is 28.8 Å². The summed E-state index contributed by atoms with van der Waals surface area (Å²) in [5.41, 5.74) is 4.85. The summed E-state index contributed by atoms with van der Waals surface area (Å²) < 4.78 is 20.7. The van der Waals surface area contributed by atoms with Gasteiger partial charge in [-0.1, -0.05) is 103 Å². The number of nitro groups is 1. The number of allylic oxidation sites excluding steroid dienone is 1. The number of non-ortho nitro benzene ring substituents is 1. The molecule has 6 atom stereocenters. The summed E-state index contributed by atoms with van der Waals surface area (Å²) in [5.74, 6) is -1.84. The van der Waals surface area contributed by atoms with E-state index in [1.807, 2.05) is 65.6 Å². The third-order valence-corrected chi connectivity index (χ3v) is 14.5. The van der Waals surface area contributed by atoms with Gasteiger partial charge in [-0.2, -0.15) is 0 Å². The van der Waals surface area contributed by atoms with E-state index in [1.165, 1.54) is 12.1 Å². The summed E-state index contributed by atoms with van der Waals surface area (Å²) in [6, 6.07) is 34.8. The maximum Gasteiger partial charge on any atom is 0.412 e. The molecular weight excluding hydrogens is 901 g/mol. The first kappa shape index (κ1) is 49.1. The lowest BCUT2D eigenvalue weighted by Gasteiger charge is -2.60. The van der Waals surface area contributed by atoms with Gasteiger partial charge in [-0.3, -0.25) is 14.9 Å². The molecule has 5 aromatic rings. The van der Waals surface area contributed by atoms with E-state index in [0.717, 1.165) is 71.6 Å². The molecule has 0 bridgehead atoms. The molecule has 1 heterocycles. The number of carbonyl (C=O) groups excluding carboxylic acids is 2. The van der Waals surface area contributed by atoms with Gasteiger partial charge in [-0.25, -0.2) is 4.79 Å². The van der Waals surface area contributed by atoms with Crippen LogP contribution in [0, 0.1) is 33.8 Å². The number of aliphatic hydroxyl groups excluding tert-OH is 2. The third-order valence-electron chi connectivity index (χ3n) is 14.5. The Morgan fingerprint density at radius 3 is 2.39 bits per heavy atom. The van der Waals surface area contributed by atoms with Crippen LogP contribution in [0.4, 0.5) is 10.5 Å². The zero-order valence-corrected chi connectivity index (χ0v) is 39.9. The van der Waals surface area contributed by atoms with Crippen molar-refractivity contribution in [3.63, 3.8) is 0 Å². The first-order valence-electron chi connectivity index (χ1n) is 24.9. The number of nitrogens with zero attached hydrogens (tertiary/aromatic N) is 3. The number of benzene rings is 5. The number of amides is 2. The molecule has 71 heavy (non-hydrogen) atoms. The van der Waals surface area contributed by atoms with Crippen molar-refractivity contribution in [2.24, 2.45) is 28.8 Å². The Kier molecular flexibility index (Phi) is 15.5. The van der Waals surface area contributed by atoms with Gasteiger partial charge in [0.1, 0.15) is 24.1 Å². The number of hydrogen-bond acceptors (Lipinski definition) is 11. The number of nitro benzene ring substituents is 1. The average molecular weight is 963 g/mol. The fourth-order valence-corrected chi connectivity index (χ4v) is 11.0. The van der Waals surface area contributed by atoms with Crippen LogP contribution in [0.25, 0.3) is 10.8 Å². The number of unbranched alkanes of at least 4 members (excludes halogenated alkanes) is 2. The molecule has 370 valence electrons. The minimum absolute atomic E-state index is 0.00325. The number of ether oxygens (including phenoxy) is 3. The van der Waals surface area contributed by atoms with Gasteiger partial charge in [0.2, 0.25) is 11.7 Å². The topological polar surface area (TPSA) is 182 Å². The molecule has 2 fully saturated rings. The number of rotatable bonds is 22. The van der Waals surface area contributed by atoms with Crippen molar-refractivity contribution in [1.82, 2.24) is 10.2 Å². The normalized spacial score (nSPS) is 22.6. The largest absolute Gasteiger partial charge is 0.459 e. The summed E-state index contributed by atoms with van der Waals surface area (Å²) in [6.07, 6.45) is 9.28. The molecule has 2 amide bonds. The Labute approximate surface area is 414 Å². The van der Waals surface area contributed by atoms with E-state index in [2.05, 4.69) is 42.2 Å². The van der Waals surface area contributed by atoms with Crippen molar-refractivity contribution in [3.8, 4) is 11.5 Å². The highest BCUT2D eigenvalue weighted by Gasteiger charge is 2.66. The predicted octanol–water partition coefficient (Wildman–Crippen LogP) is 10.3. The molecular formula is C57H62N4O10. The smallest absolute Gasteiger partial charge is 0.412 e. The van der Waals surface area contributed by atoms with Crippen molar-refractivity contribution in [2.75, 3.05) is 19.8 Å². The minimum atomic E-state index is -1.50. The molecule has 0 radical (unpaired) electrons. The molecule has 3 N–H and O–H groups in total. The second kappa shape index (κ2) is 22.5. The van der Waals surface area contributed by atoms with Gasteiger partial charge in [0.05, 0.1) is 23.2 Å². The second-order valence-electron chi connectivity index (χ2n) is 19.1. The van der Waals surface area contributed by atoms with Crippen molar-refractivity contribution in [1.29, 1.82) is 0 Å². The van der Waals surface area contributed by atoms with Gasteiger partial charge in [-0.15, -0.1) is 6.58 Å². The van der Waals surface area contributed by atoms with Crippen LogP contribution in [0.2, 0.25) is 0 Å². The molecule has 6 unspecified atom stereocenters. The molecule has 0 aromatic heterocycles. The van der Waals surface area contributed by atoms with Crippen LogP contribution >= 0.6 is 0 Å². The molecule has 1 aliphatic heterocycles. The van der Waals surface area contributed by atoms with Gasteiger partial charge >= 0.3 is 6.09 Å². The Bertz CT molecular complexity index is 2750. The van der Waals surface area contributed by atoms with Crippen LogP contribution < -0.4 is 14.8 Å². The molecule has 5 aromatic carbocycles. The first-order chi connectivity index (χ1) is 34.7. The van der Waals surface area contributed by atoms with Crippen LogP contribution in [-0.4, -0.2) is 69.4 Å². The monoisotopic (exact) mass is 962 g/mol. The third kappa shape index (κ3) is 10.9. The number of nitrogens with one attached hydrogen (secondary N) is 1. The van der Waals surface area contributed by atoms with Gasteiger partial charge < -0.3 is 39.5 Å². The first-order valence-corrected chi connectivity index (χ1v) is 24.9. The summed E-state index contributed by atoms with van der Waals surface area (Å²) in [7, 11) is 0. The lowest BCUT2D eigenvalue weighted by Crippen LogP contribution is -2.70. The number of carbonyl (C=O) groups is 2. The van der Waals surface area contributed by atoms with Crippen LogP contribution in [-0.2, 0) is 34.1 Å². The summed E-state index contributed by atoms with van der Waals surface area (Å²) in [5, 5.41) is 41.5. The van der Waals surface area contributed by atoms with E-state index in [4.69, 9.17) is 24.2 Å². The highest BCUT2D eigenvalue weighted by molar-refractivity contribution is 6.03. The zero-order chi connectivity index (χ0) is 49.3. The number of oxime groups is 1. The van der Waals surface area contributed by atoms with E-state index in [1.54, 1.807) is 24.3 Å². The molecule has 9 rings (SSSR count). The van der Waals surface area contributed by atoms with E-state index in [0.29, 0.717) is 35.6 Å². The van der Waals surface area contributed by atoms with Gasteiger partial charge in [0.25, 0.3) is 5.69 Å². The Hall–Kier alpha value is -6.87. The van der Waals surface area contributed by atoms with E-state index in [9.17, 15) is 25.1 Å². The van der Waals surface area contributed by atoms with Crippen LogP contribution in [0.1, 0.15) is 86.0 Å². The van der Waals surface area contributed by atoms with Crippen molar-refractivity contribution in [3.05, 3.63) is 172 Å². The zero-order valence-electron chi connectivity index (χ0n) is 39.9. The molecule has 0 spiro atoms. The van der Waals surface area contributed by atoms with Gasteiger partial charge in [0.15, 0.2) is 0 Å². The predicted molar refractivity (Wildman–Crippen MR) is 269 cm³/mol. The van der Waals surface area contributed by atoms with Crippen LogP contribution in [0.15, 0.2) is 145 Å². The summed E-state index contributed by atoms with van der Waals surface area (Å²) in [6.45, 7) is 4.84. The summed E-state index contributed by atoms with van der Waals surface area (Å²) in [4.78, 5) is 47.9. The molecule has 14 nitrogen and oxygen atoms in total. The lowest BCUT2D eigenvalue weighted by atomic mass is 9.55. The number of fused-ring (bicyclic) bond motifs is 3. The van der Waals surface area contributed by atoms with E-state index in [-0.39, 0.29) is 81.2 Å². The molecule has 14 heteroatoms. The highest BCUT2D eigenvalue weighted by atomic mass is 16.7. The van der Waals surface area contributed by atoms with Gasteiger partial charge in [-0.05, 0) is 114 Å². The summed E-state index contributed by atoms with van der Waals surface area (Å²) >= 11 is 0. The van der Waals surface area contributed by atoms with E-state index >= 15 is 4.79 Å². The van der Waals surface area contributed by atoms with Crippen molar-refractivity contribution < 1.29 is 43.8 Å². The lowest BCUT2D eigenvalue weighted by molar-refractivity contribution is -0.384. The highest BCUT2D eigenvalue weighted by Crippen LogP contribution is 2.62. The Balaban J connectivity index is 1.21. The van der Waals surface area contributed by atoms with Crippen LogP contribution in [0.3, 0.4) is 0 Å². The quantitative estimate of drug-likeness (QED) is 0.0261. The average Bonchev–Trinajstić information content (AvgIpc) is 4.25. The van der Waals surface area contributed by atoms with Gasteiger partial charge in [0, 0.05) is 62.3 Å².